The largest absolute Gasteiger partial charge is 0.497 e. The predicted octanol–water partition coefficient (Wildman–Crippen LogP) is 0.904. The van der Waals surface area contributed by atoms with E-state index in [9.17, 15) is 4.79 Å². The van der Waals surface area contributed by atoms with Crippen LogP contribution < -0.4 is 15.8 Å². The van der Waals surface area contributed by atoms with E-state index in [1.165, 1.54) is 0 Å². The zero-order valence-corrected chi connectivity index (χ0v) is 10.7. The molecule has 100 valence electrons. The van der Waals surface area contributed by atoms with Crippen molar-refractivity contribution < 1.29 is 9.53 Å². The van der Waals surface area contributed by atoms with Crippen molar-refractivity contribution in [2.75, 3.05) is 19.4 Å². The zero-order chi connectivity index (χ0) is 13.7. The summed E-state index contributed by atoms with van der Waals surface area (Å²) in [5, 5.41) is 2.81. The van der Waals surface area contributed by atoms with Gasteiger partial charge in [-0.2, -0.15) is 0 Å². The quantitative estimate of drug-likeness (QED) is 0.783. The van der Waals surface area contributed by atoms with Crippen LogP contribution in [0.3, 0.4) is 0 Å². The van der Waals surface area contributed by atoms with Gasteiger partial charge in [-0.15, -0.1) is 0 Å². The third-order valence-corrected chi connectivity index (χ3v) is 2.72. The maximum Gasteiger partial charge on any atom is 0.253 e. The van der Waals surface area contributed by atoms with E-state index in [2.05, 4.69) is 10.3 Å². The lowest BCUT2D eigenvalue weighted by Gasteiger charge is -2.09. The van der Waals surface area contributed by atoms with E-state index >= 15 is 0 Å². The molecule has 0 saturated carbocycles. The Balaban J connectivity index is 1.95. The molecule has 0 radical (unpaired) electrons. The Morgan fingerprint density at radius 1 is 1.53 bits per heavy atom. The second kappa shape index (κ2) is 5.90. The lowest BCUT2D eigenvalue weighted by molar-refractivity contribution is 0.0953. The van der Waals surface area contributed by atoms with Crippen LogP contribution in [-0.2, 0) is 6.54 Å². The molecule has 1 aromatic carbocycles. The molecule has 0 fully saturated rings. The number of nitrogens with zero attached hydrogens (tertiary/aromatic N) is 2. The molecule has 0 bridgehead atoms. The highest BCUT2D eigenvalue weighted by Gasteiger charge is 2.10. The van der Waals surface area contributed by atoms with Gasteiger partial charge < -0.3 is 20.4 Å². The van der Waals surface area contributed by atoms with Crippen molar-refractivity contribution in [2.45, 2.75) is 6.54 Å². The molecule has 0 atom stereocenters. The van der Waals surface area contributed by atoms with Gasteiger partial charge in [0.15, 0.2) is 0 Å². The average molecular weight is 260 g/mol. The van der Waals surface area contributed by atoms with Crippen LogP contribution >= 0.6 is 0 Å². The van der Waals surface area contributed by atoms with Crippen molar-refractivity contribution in [3.63, 3.8) is 0 Å². The molecular weight excluding hydrogens is 244 g/mol. The molecule has 6 heteroatoms. The number of nitrogens with two attached hydrogens (primary N) is 1. The summed E-state index contributed by atoms with van der Waals surface area (Å²) in [4.78, 5) is 15.9. The van der Waals surface area contributed by atoms with Gasteiger partial charge in [-0.1, -0.05) is 0 Å². The second-order valence-electron chi connectivity index (χ2n) is 4.01. The lowest BCUT2D eigenvalue weighted by atomic mass is 10.1. The van der Waals surface area contributed by atoms with E-state index < -0.39 is 0 Å². The number of nitrogen functional groups attached to an aromatic ring is 1. The summed E-state index contributed by atoms with van der Waals surface area (Å²) in [6, 6.07) is 5.00. The first-order valence-electron chi connectivity index (χ1n) is 5.88. The fourth-order valence-corrected chi connectivity index (χ4v) is 1.67. The van der Waals surface area contributed by atoms with Crippen LogP contribution in [0, 0.1) is 0 Å². The maximum absolute atomic E-state index is 12.0. The summed E-state index contributed by atoms with van der Waals surface area (Å²) >= 11 is 0. The Labute approximate surface area is 111 Å². The van der Waals surface area contributed by atoms with E-state index in [1.807, 2.05) is 10.8 Å². The molecule has 6 nitrogen and oxygen atoms in total. The number of ether oxygens (including phenoxy) is 1. The highest BCUT2D eigenvalue weighted by molar-refractivity contribution is 5.99. The Morgan fingerprint density at radius 3 is 3.05 bits per heavy atom. The van der Waals surface area contributed by atoms with Crippen LogP contribution in [0.25, 0.3) is 0 Å². The van der Waals surface area contributed by atoms with Gasteiger partial charge in [0.25, 0.3) is 5.91 Å². The number of aromatic nitrogens is 2. The van der Waals surface area contributed by atoms with E-state index in [1.54, 1.807) is 37.8 Å². The molecule has 0 aliphatic rings. The number of benzene rings is 1. The van der Waals surface area contributed by atoms with E-state index in [-0.39, 0.29) is 5.91 Å². The number of amides is 1. The predicted molar refractivity (Wildman–Crippen MR) is 72.0 cm³/mol. The molecule has 0 saturated heterocycles. The van der Waals surface area contributed by atoms with Crippen molar-refractivity contribution in [1.82, 2.24) is 14.9 Å². The molecule has 1 amide bonds. The minimum absolute atomic E-state index is 0.212. The van der Waals surface area contributed by atoms with Crippen LogP contribution in [0.15, 0.2) is 36.9 Å². The van der Waals surface area contributed by atoms with Gasteiger partial charge in [0, 0.05) is 31.2 Å². The number of hydrogen-bond donors (Lipinski definition) is 2. The topological polar surface area (TPSA) is 82.2 Å². The number of rotatable bonds is 5. The van der Waals surface area contributed by atoms with Crippen LogP contribution in [0.2, 0.25) is 0 Å². The first kappa shape index (κ1) is 12.9. The van der Waals surface area contributed by atoms with Gasteiger partial charge in [0.1, 0.15) is 5.75 Å². The first-order chi connectivity index (χ1) is 9.20. The summed E-state index contributed by atoms with van der Waals surface area (Å²) in [6.45, 7) is 1.17. The maximum atomic E-state index is 12.0. The number of carbonyl (C=O) groups excluding carboxylic acids is 1. The molecule has 0 spiro atoms. The minimum atomic E-state index is -0.212. The summed E-state index contributed by atoms with van der Waals surface area (Å²) in [6.07, 6.45) is 5.24. The molecule has 0 aliphatic heterocycles. The molecule has 0 unspecified atom stereocenters. The number of imidazole rings is 1. The Bertz CT molecular complexity index is 552. The number of nitrogens with one attached hydrogen (secondary N) is 1. The van der Waals surface area contributed by atoms with Crippen LogP contribution in [0.1, 0.15) is 10.4 Å². The summed E-state index contributed by atoms with van der Waals surface area (Å²) in [5.41, 5.74) is 6.63. The van der Waals surface area contributed by atoms with Crippen molar-refractivity contribution in [3.05, 3.63) is 42.5 Å². The van der Waals surface area contributed by atoms with Crippen molar-refractivity contribution in [1.29, 1.82) is 0 Å². The number of methoxy groups -OCH3 is 1. The molecule has 1 heterocycles. The first-order valence-corrected chi connectivity index (χ1v) is 5.88. The van der Waals surface area contributed by atoms with E-state index in [4.69, 9.17) is 10.5 Å². The number of hydrogen-bond acceptors (Lipinski definition) is 4. The standard InChI is InChI=1S/C13H16N4O2/c1-19-10-2-3-12(14)11(8-10)13(18)16-5-7-17-6-4-15-9-17/h2-4,6,8-9H,5,7,14H2,1H3,(H,16,18). The minimum Gasteiger partial charge on any atom is -0.497 e. The zero-order valence-electron chi connectivity index (χ0n) is 10.7. The fourth-order valence-electron chi connectivity index (χ4n) is 1.67. The van der Waals surface area contributed by atoms with Gasteiger partial charge in [0.2, 0.25) is 0 Å². The van der Waals surface area contributed by atoms with Crippen LogP contribution in [0.4, 0.5) is 5.69 Å². The average Bonchev–Trinajstić information content (AvgIpc) is 2.92. The van der Waals surface area contributed by atoms with E-state index in [0.717, 1.165) is 0 Å². The fraction of sp³-hybridized carbons (Fsp3) is 0.231. The van der Waals surface area contributed by atoms with Gasteiger partial charge >= 0.3 is 0 Å². The van der Waals surface area contributed by atoms with Crippen molar-refractivity contribution in [3.8, 4) is 5.75 Å². The summed E-state index contributed by atoms with van der Waals surface area (Å²) in [5.74, 6) is 0.394. The SMILES string of the molecule is COc1ccc(N)c(C(=O)NCCn2ccnc2)c1. The Kier molecular flexibility index (Phi) is 4.02. The van der Waals surface area contributed by atoms with E-state index in [0.29, 0.717) is 30.1 Å². The number of anilines is 1. The van der Waals surface area contributed by atoms with Gasteiger partial charge in [-0.05, 0) is 18.2 Å². The Morgan fingerprint density at radius 2 is 2.37 bits per heavy atom. The molecule has 2 aromatic rings. The molecule has 19 heavy (non-hydrogen) atoms. The third kappa shape index (κ3) is 3.25. The molecule has 1 aromatic heterocycles. The molecular formula is C13H16N4O2. The Hall–Kier alpha value is -2.50. The van der Waals surface area contributed by atoms with Crippen LogP contribution in [0.5, 0.6) is 5.75 Å². The smallest absolute Gasteiger partial charge is 0.253 e. The lowest BCUT2D eigenvalue weighted by Crippen LogP contribution is -2.27. The normalized spacial score (nSPS) is 10.2. The van der Waals surface area contributed by atoms with Crippen molar-refractivity contribution in [2.24, 2.45) is 0 Å². The molecule has 2 rings (SSSR count). The van der Waals surface area contributed by atoms with Gasteiger partial charge in [0.05, 0.1) is 19.0 Å². The van der Waals surface area contributed by atoms with Gasteiger partial charge in [-0.25, -0.2) is 4.98 Å². The van der Waals surface area contributed by atoms with Crippen LogP contribution in [-0.4, -0.2) is 29.1 Å². The number of carbonyl (C=O) groups is 1. The highest BCUT2D eigenvalue weighted by Crippen LogP contribution is 2.19. The summed E-state index contributed by atoms with van der Waals surface area (Å²) < 4.78 is 6.96. The monoisotopic (exact) mass is 260 g/mol. The molecule has 0 aliphatic carbocycles. The summed E-state index contributed by atoms with van der Waals surface area (Å²) in [7, 11) is 1.55. The highest BCUT2D eigenvalue weighted by atomic mass is 16.5. The van der Waals surface area contributed by atoms with Crippen molar-refractivity contribution >= 4 is 11.6 Å². The third-order valence-electron chi connectivity index (χ3n) is 2.72. The second-order valence-corrected chi connectivity index (χ2v) is 4.01. The molecule has 3 N–H and O–H groups in total. The van der Waals surface area contributed by atoms with Gasteiger partial charge in [-0.3, -0.25) is 4.79 Å².